The van der Waals surface area contributed by atoms with Crippen molar-refractivity contribution in [2.45, 2.75) is 25.8 Å². The lowest BCUT2D eigenvalue weighted by Gasteiger charge is -2.31. The maximum Gasteiger partial charge on any atom is 0.234 e. The normalized spacial score (nSPS) is 18.3. The minimum Gasteiger partial charge on any atom is -0.352 e. The fourth-order valence-corrected chi connectivity index (χ4v) is 1.96. The Hall–Kier alpha value is -0.870. The molecule has 0 aliphatic carbocycles. The summed E-state index contributed by atoms with van der Waals surface area (Å²) in [6, 6.07) is 0.362. The van der Waals surface area contributed by atoms with Crippen LogP contribution < -0.4 is 10.6 Å². The van der Waals surface area contributed by atoms with Gasteiger partial charge in [-0.25, -0.2) is 0 Å². The second-order valence-corrected chi connectivity index (χ2v) is 4.20. The lowest BCUT2D eigenvalue weighted by Crippen LogP contribution is -2.46. The predicted molar refractivity (Wildman–Crippen MR) is 66.3 cm³/mol. The summed E-state index contributed by atoms with van der Waals surface area (Å²) in [6.45, 7) is 10.2. The summed E-state index contributed by atoms with van der Waals surface area (Å²) >= 11 is 0. The van der Waals surface area contributed by atoms with Gasteiger partial charge in [-0.1, -0.05) is 13.0 Å². The molecule has 1 fully saturated rings. The van der Waals surface area contributed by atoms with E-state index in [1.54, 1.807) is 6.08 Å². The number of carbonyl (C=O) groups is 1. The molecule has 0 spiro atoms. The highest BCUT2D eigenvalue weighted by Gasteiger charge is 2.18. The molecule has 2 N–H and O–H groups in total. The van der Waals surface area contributed by atoms with Crippen LogP contribution in [0, 0.1) is 0 Å². The lowest BCUT2D eigenvalue weighted by atomic mass is 10.1. The highest BCUT2D eigenvalue weighted by Crippen LogP contribution is 2.09. The summed E-state index contributed by atoms with van der Waals surface area (Å²) in [5, 5.41) is 6.06. The Morgan fingerprint density at radius 2 is 2.19 bits per heavy atom. The zero-order chi connectivity index (χ0) is 11.8. The van der Waals surface area contributed by atoms with Crippen molar-refractivity contribution in [3.8, 4) is 0 Å². The molecule has 1 aliphatic rings. The van der Waals surface area contributed by atoms with Gasteiger partial charge in [-0.3, -0.25) is 4.79 Å². The maximum atomic E-state index is 11.5. The number of rotatable bonds is 6. The summed E-state index contributed by atoms with van der Waals surface area (Å²) in [5.41, 5.74) is 0. The van der Waals surface area contributed by atoms with Crippen LogP contribution in [-0.4, -0.2) is 49.6 Å². The second-order valence-electron chi connectivity index (χ2n) is 4.20. The van der Waals surface area contributed by atoms with E-state index in [0.29, 0.717) is 19.1 Å². The van der Waals surface area contributed by atoms with Crippen LogP contribution in [0.3, 0.4) is 0 Å². The Morgan fingerprint density at radius 3 is 2.75 bits per heavy atom. The fraction of sp³-hybridized carbons (Fsp3) is 0.750. The third-order valence-electron chi connectivity index (χ3n) is 2.97. The van der Waals surface area contributed by atoms with Crippen LogP contribution in [0.1, 0.15) is 19.8 Å². The van der Waals surface area contributed by atoms with E-state index in [2.05, 4.69) is 29.0 Å². The molecule has 1 rings (SSSR count). The third-order valence-corrected chi connectivity index (χ3v) is 2.97. The van der Waals surface area contributed by atoms with Gasteiger partial charge in [-0.2, -0.15) is 0 Å². The monoisotopic (exact) mass is 225 g/mol. The summed E-state index contributed by atoms with van der Waals surface area (Å²) in [4.78, 5) is 13.9. The number of piperidine rings is 1. The molecule has 1 amide bonds. The van der Waals surface area contributed by atoms with E-state index in [1.165, 1.54) is 0 Å². The van der Waals surface area contributed by atoms with Crippen LogP contribution in [0.25, 0.3) is 0 Å². The van der Waals surface area contributed by atoms with Gasteiger partial charge in [0.05, 0.1) is 6.54 Å². The minimum absolute atomic E-state index is 0.0943. The molecule has 0 aromatic carbocycles. The number of hydrogen-bond acceptors (Lipinski definition) is 3. The number of carbonyl (C=O) groups excluding carboxylic acids is 1. The zero-order valence-corrected chi connectivity index (χ0v) is 10.2. The van der Waals surface area contributed by atoms with E-state index in [1.807, 2.05) is 0 Å². The Kier molecular flexibility index (Phi) is 6.11. The van der Waals surface area contributed by atoms with Gasteiger partial charge in [0, 0.05) is 25.7 Å². The Bertz CT molecular complexity index is 222. The first-order valence-corrected chi connectivity index (χ1v) is 6.09. The van der Waals surface area contributed by atoms with E-state index in [-0.39, 0.29) is 5.91 Å². The molecule has 92 valence electrons. The van der Waals surface area contributed by atoms with Crippen molar-refractivity contribution in [3.05, 3.63) is 12.7 Å². The molecule has 4 nitrogen and oxygen atoms in total. The molecular weight excluding hydrogens is 202 g/mol. The van der Waals surface area contributed by atoms with Crippen molar-refractivity contribution < 1.29 is 4.79 Å². The van der Waals surface area contributed by atoms with E-state index < -0.39 is 0 Å². The highest BCUT2D eigenvalue weighted by molar-refractivity contribution is 5.78. The SMILES string of the molecule is C=CCNCC(=O)NC1CCN(CC)CC1. The van der Waals surface area contributed by atoms with Crippen LogP contribution in [0.2, 0.25) is 0 Å². The van der Waals surface area contributed by atoms with Gasteiger partial charge in [-0.05, 0) is 19.4 Å². The Labute approximate surface area is 98.1 Å². The van der Waals surface area contributed by atoms with Crippen LogP contribution in [-0.2, 0) is 4.79 Å². The van der Waals surface area contributed by atoms with Gasteiger partial charge in [0.1, 0.15) is 0 Å². The number of nitrogens with zero attached hydrogens (tertiary/aromatic N) is 1. The number of amides is 1. The Morgan fingerprint density at radius 1 is 1.50 bits per heavy atom. The smallest absolute Gasteiger partial charge is 0.234 e. The largest absolute Gasteiger partial charge is 0.352 e. The van der Waals surface area contributed by atoms with Crippen molar-refractivity contribution >= 4 is 5.91 Å². The average molecular weight is 225 g/mol. The van der Waals surface area contributed by atoms with Crippen LogP contribution in [0.5, 0.6) is 0 Å². The molecule has 16 heavy (non-hydrogen) atoms. The van der Waals surface area contributed by atoms with Crippen molar-refractivity contribution in [2.24, 2.45) is 0 Å². The first kappa shape index (κ1) is 13.2. The third kappa shape index (κ3) is 4.77. The van der Waals surface area contributed by atoms with Crippen molar-refractivity contribution in [1.82, 2.24) is 15.5 Å². The number of nitrogens with one attached hydrogen (secondary N) is 2. The van der Waals surface area contributed by atoms with Crippen LogP contribution in [0.4, 0.5) is 0 Å². The van der Waals surface area contributed by atoms with Crippen LogP contribution >= 0.6 is 0 Å². The standard InChI is InChI=1S/C12H23N3O/c1-3-7-13-10-12(16)14-11-5-8-15(4-2)9-6-11/h3,11,13H,1,4-10H2,2H3,(H,14,16). The second kappa shape index (κ2) is 7.41. The van der Waals surface area contributed by atoms with Crippen LogP contribution in [0.15, 0.2) is 12.7 Å². The first-order chi connectivity index (χ1) is 7.76. The van der Waals surface area contributed by atoms with Crippen molar-refractivity contribution in [1.29, 1.82) is 0 Å². The molecule has 0 bridgehead atoms. The van der Waals surface area contributed by atoms with E-state index in [0.717, 1.165) is 32.5 Å². The number of likely N-dealkylation sites (tertiary alicyclic amines) is 1. The van der Waals surface area contributed by atoms with Gasteiger partial charge >= 0.3 is 0 Å². The fourth-order valence-electron chi connectivity index (χ4n) is 1.96. The molecule has 1 heterocycles. The molecular formula is C12H23N3O. The quantitative estimate of drug-likeness (QED) is 0.507. The molecule has 0 aromatic rings. The Balaban J connectivity index is 2.13. The van der Waals surface area contributed by atoms with Crippen molar-refractivity contribution in [2.75, 3.05) is 32.7 Å². The first-order valence-electron chi connectivity index (χ1n) is 6.09. The zero-order valence-electron chi connectivity index (χ0n) is 10.2. The molecule has 0 aromatic heterocycles. The molecule has 4 heteroatoms. The van der Waals surface area contributed by atoms with Gasteiger partial charge in [-0.15, -0.1) is 6.58 Å². The minimum atomic E-state index is 0.0943. The summed E-state index contributed by atoms with van der Waals surface area (Å²) in [6.07, 6.45) is 3.90. The van der Waals surface area contributed by atoms with Gasteiger partial charge in [0.15, 0.2) is 0 Å². The van der Waals surface area contributed by atoms with E-state index in [9.17, 15) is 4.79 Å². The van der Waals surface area contributed by atoms with Gasteiger partial charge in [0.2, 0.25) is 5.91 Å². The average Bonchev–Trinajstić information content (AvgIpc) is 2.30. The topological polar surface area (TPSA) is 44.4 Å². The molecule has 1 saturated heterocycles. The van der Waals surface area contributed by atoms with Gasteiger partial charge in [0.25, 0.3) is 0 Å². The summed E-state index contributed by atoms with van der Waals surface area (Å²) < 4.78 is 0. The van der Waals surface area contributed by atoms with E-state index in [4.69, 9.17) is 0 Å². The molecule has 0 unspecified atom stereocenters. The number of hydrogen-bond donors (Lipinski definition) is 2. The highest BCUT2D eigenvalue weighted by atomic mass is 16.1. The molecule has 1 aliphatic heterocycles. The van der Waals surface area contributed by atoms with Gasteiger partial charge < -0.3 is 15.5 Å². The lowest BCUT2D eigenvalue weighted by molar-refractivity contribution is -0.121. The van der Waals surface area contributed by atoms with Crippen molar-refractivity contribution in [3.63, 3.8) is 0 Å². The summed E-state index contributed by atoms with van der Waals surface area (Å²) in [5.74, 6) is 0.0943. The van der Waals surface area contributed by atoms with E-state index >= 15 is 0 Å². The molecule has 0 radical (unpaired) electrons. The summed E-state index contributed by atoms with van der Waals surface area (Å²) in [7, 11) is 0. The molecule has 0 atom stereocenters. The predicted octanol–water partition coefficient (Wildman–Crippen LogP) is 0.363. The molecule has 0 saturated carbocycles. The maximum absolute atomic E-state index is 11.5.